The number of hydrogen-bond acceptors (Lipinski definition) is 3. The minimum Gasteiger partial charge on any atom is -0.497 e. The summed E-state index contributed by atoms with van der Waals surface area (Å²) in [6, 6.07) is 13.8. The van der Waals surface area contributed by atoms with E-state index in [4.69, 9.17) is 4.74 Å². The van der Waals surface area contributed by atoms with Crippen LogP contribution in [0.5, 0.6) is 5.75 Å². The summed E-state index contributed by atoms with van der Waals surface area (Å²) in [5.41, 5.74) is 1.41. The molecule has 2 N–H and O–H groups in total. The molecule has 6 heteroatoms. The maximum absolute atomic E-state index is 13.4. The van der Waals surface area contributed by atoms with Crippen molar-refractivity contribution in [3.63, 3.8) is 0 Å². The molecule has 0 spiro atoms. The molecule has 0 saturated carbocycles. The van der Waals surface area contributed by atoms with Crippen molar-refractivity contribution in [1.29, 1.82) is 0 Å². The van der Waals surface area contributed by atoms with E-state index in [9.17, 15) is 14.0 Å². The molecule has 0 atom stereocenters. The van der Waals surface area contributed by atoms with Gasteiger partial charge in [0.05, 0.1) is 7.11 Å². The van der Waals surface area contributed by atoms with Crippen LogP contribution in [0.15, 0.2) is 48.5 Å². The van der Waals surface area contributed by atoms with Gasteiger partial charge in [-0.25, -0.2) is 4.39 Å². The van der Waals surface area contributed by atoms with E-state index in [2.05, 4.69) is 10.6 Å². The first-order valence-electron chi connectivity index (χ1n) is 7.98. The summed E-state index contributed by atoms with van der Waals surface area (Å²) in [4.78, 5) is 23.5. The van der Waals surface area contributed by atoms with Crippen molar-refractivity contribution in [2.45, 2.75) is 19.4 Å². The third-order valence-electron chi connectivity index (χ3n) is 3.62. The molecule has 0 saturated heterocycles. The number of benzene rings is 2. The number of nitrogens with one attached hydrogen (secondary N) is 2. The van der Waals surface area contributed by atoms with Crippen LogP contribution in [0.2, 0.25) is 0 Å². The topological polar surface area (TPSA) is 67.4 Å². The van der Waals surface area contributed by atoms with Crippen molar-refractivity contribution in [3.8, 4) is 5.75 Å². The Bertz CT molecular complexity index is 734. The first-order chi connectivity index (χ1) is 12.1. The molecule has 0 aliphatic rings. The van der Waals surface area contributed by atoms with E-state index in [-0.39, 0.29) is 24.7 Å². The lowest BCUT2D eigenvalue weighted by atomic mass is 10.1. The number of rotatable bonds is 8. The van der Waals surface area contributed by atoms with Crippen LogP contribution in [0.4, 0.5) is 4.39 Å². The van der Waals surface area contributed by atoms with Crippen molar-refractivity contribution in [2.75, 3.05) is 13.7 Å². The van der Waals surface area contributed by atoms with Crippen molar-refractivity contribution >= 4 is 11.8 Å². The molecule has 0 aliphatic carbocycles. The fourth-order valence-corrected chi connectivity index (χ4v) is 2.28. The van der Waals surface area contributed by atoms with Gasteiger partial charge in [0, 0.05) is 18.7 Å². The molecule has 0 fully saturated rings. The van der Waals surface area contributed by atoms with E-state index in [1.54, 1.807) is 25.3 Å². The Morgan fingerprint density at radius 2 is 1.80 bits per heavy atom. The zero-order valence-corrected chi connectivity index (χ0v) is 14.0. The molecule has 2 amide bonds. The summed E-state index contributed by atoms with van der Waals surface area (Å²) in [6.45, 7) is 0.481. The molecule has 132 valence electrons. The van der Waals surface area contributed by atoms with Crippen LogP contribution >= 0.6 is 0 Å². The quantitative estimate of drug-likeness (QED) is 0.722. The monoisotopic (exact) mass is 344 g/mol. The number of amides is 2. The van der Waals surface area contributed by atoms with E-state index in [0.29, 0.717) is 18.5 Å². The molecule has 2 aromatic rings. The molecule has 2 aromatic carbocycles. The largest absolute Gasteiger partial charge is 0.497 e. The highest BCUT2D eigenvalue weighted by Gasteiger charge is 2.10. The number of ether oxygens (including phenoxy) is 1. The van der Waals surface area contributed by atoms with Gasteiger partial charge in [-0.3, -0.25) is 9.59 Å². The predicted octanol–water partition coefficient (Wildman–Crippen LogP) is 2.20. The second-order valence-corrected chi connectivity index (χ2v) is 5.50. The van der Waals surface area contributed by atoms with E-state index in [1.807, 2.05) is 24.3 Å². The number of methoxy groups -OCH3 is 1. The van der Waals surface area contributed by atoms with E-state index >= 15 is 0 Å². The second-order valence-electron chi connectivity index (χ2n) is 5.50. The smallest absolute Gasteiger partial charge is 0.229 e. The summed E-state index contributed by atoms with van der Waals surface area (Å²) >= 11 is 0. The minimum absolute atomic E-state index is 0.0581. The van der Waals surface area contributed by atoms with Crippen LogP contribution in [0.1, 0.15) is 17.5 Å². The summed E-state index contributed by atoms with van der Waals surface area (Å²) in [6.07, 6.45) is 0.354. The van der Waals surface area contributed by atoms with Crippen molar-refractivity contribution in [1.82, 2.24) is 10.6 Å². The lowest BCUT2D eigenvalue weighted by molar-refractivity contribution is -0.129. The van der Waals surface area contributed by atoms with Gasteiger partial charge in [-0.05, 0) is 30.2 Å². The maximum atomic E-state index is 13.4. The summed E-state index contributed by atoms with van der Waals surface area (Å²) in [5.74, 6) is -0.432. The Balaban J connectivity index is 1.69. The molecule has 0 radical (unpaired) electrons. The minimum atomic E-state index is -0.442. The molecule has 0 unspecified atom stereocenters. The predicted molar refractivity (Wildman–Crippen MR) is 92.6 cm³/mol. The van der Waals surface area contributed by atoms with E-state index < -0.39 is 5.91 Å². The maximum Gasteiger partial charge on any atom is 0.229 e. The molecule has 0 bridgehead atoms. The third-order valence-corrected chi connectivity index (χ3v) is 3.62. The zero-order valence-electron chi connectivity index (χ0n) is 14.0. The van der Waals surface area contributed by atoms with Crippen molar-refractivity contribution < 1.29 is 18.7 Å². The lowest BCUT2D eigenvalue weighted by Gasteiger charge is -2.08. The summed E-state index contributed by atoms with van der Waals surface area (Å²) < 4.78 is 18.6. The highest BCUT2D eigenvalue weighted by molar-refractivity contribution is 5.96. The van der Waals surface area contributed by atoms with E-state index in [0.717, 1.165) is 11.3 Å². The third kappa shape index (κ3) is 6.25. The number of carbonyl (C=O) groups excluding carboxylic acids is 2. The number of hydrogen-bond donors (Lipinski definition) is 2. The Morgan fingerprint density at radius 1 is 1.04 bits per heavy atom. The van der Waals surface area contributed by atoms with Gasteiger partial charge in [0.1, 0.15) is 18.0 Å². The molecule has 0 aliphatic heterocycles. The lowest BCUT2D eigenvalue weighted by Crippen LogP contribution is -2.32. The first-order valence-corrected chi connectivity index (χ1v) is 7.98. The van der Waals surface area contributed by atoms with Gasteiger partial charge in [0.25, 0.3) is 0 Å². The van der Waals surface area contributed by atoms with Gasteiger partial charge in [-0.2, -0.15) is 0 Å². The van der Waals surface area contributed by atoms with Crippen LogP contribution < -0.4 is 15.4 Å². The molecule has 25 heavy (non-hydrogen) atoms. The average Bonchev–Trinajstić information content (AvgIpc) is 2.61. The van der Waals surface area contributed by atoms with Crippen LogP contribution in [-0.2, 0) is 22.6 Å². The normalized spacial score (nSPS) is 10.2. The van der Waals surface area contributed by atoms with Gasteiger partial charge < -0.3 is 15.4 Å². The van der Waals surface area contributed by atoms with Crippen LogP contribution in [0.25, 0.3) is 0 Å². The molecule has 0 aromatic heterocycles. The highest BCUT2D eigenvalue weighted by Crippen LogP contribution is 2.12. The number of carbonyl (C=O) groups is 2. The molecular formula is C19H21FN2O3. The van der Waals surface area contributed by atoms with Gasteiger partial charge in [0.15, 0.2) is 0 Å². The second kappa shape index (κ2) is 9.42. The SMILES string of the molecule is COc1cccc(CCNC(=O)CC(=O)NCc2ccccc2F)c1. The standard InChI is InChI=1S/C19H21FN2O3/c1-25-16-7-4-5-14(11-16)9-10-21-18(23)12-19(24)22-13-15-6-2-3-8-17(15)20/h2-8,11H,9-10,12-13H2,1H3,(H,21,23)(H,22,24). The van der Waals surface area contributed by atoms with E-state index in [1.165, 1.54) is 6.07 Å². The highest BCUT2D eigenvalue weighted by atomic mass is 19.1. The molecular weight excluding hydrogens is 323 g/mol. The van der Waals surface area contributed by atoms with Crippen molar-refractivity contribution in [3.05, 3.63) is 65.5 Å². The Morgan fingerprint density at radius 3 is 2.56 bits per heavy atom. The van der Waals surface area contributed by atoms with Gasteiger partial charge in [0.2, 0.25) is 11.8 Å². The fourth-order valence-electron chi connectivity index (χ4n) is 2.28. The zero-order chi connectivity index (χ0) is 18.1. The van der Waals surface area contributed by atoms with Crippen LogP contribution in [-0.4, -0.2) is 25.5 Å². The van der Waals surface area contributed by atoms with Crippen LogP contribution in [0, 0.1) is 5.82 Å². The van der Waals surface area contributed by atoms with Gasteiger partial charge in [-0.1, -0.05) is 30.3 Å². The summed E-state index contributed by atoms with van der Waals surface area (Å²) in [5, 5.41) is 5.23. The average molecular weight is 344 g/mol. The van der Waals surface area contributed by atoms with Crippen LogP contribution in [0.3, 0.4) is 0 Å². The fraction of sp³-hybridized carbons (Fsp3) is 0.263. The van der Waals surface area contributed by atoms with Gasteiger partial charge >= 0.3 is 0 Å². The molecule has 0 heterocycles. The first kappa shape index (κ1) is 18.4. The number of halogens is 1. The van der Waals surface area contributed by atoms with Gasteiger partial charge in [-0.15, -0.1) is 0 Å². The van der Waals surface area contributed by atoms with Crippen molar-refractivity contribution in [2.24, 2.45) is 0 Å². The Kier molecular flexibility index (Phi) is 6.95. The molecule has 5 nitrogen and oxygen atoms in total. The summed E-state index contributed by atoms with van der Waals surface area (Å²) in [7, 11) is 1.60. The Labute approximate surface area is 146 Å². The molecule has 2 rings (SSSR count). The Hall–Kier alpha value is -2.89.